The van der Waals surface area contributed by atoms with Gasteiger partial charge in [0.25, 0.3) is 5.91 Å². The zero-order valence-electron chi connectivity index (χ0n) is 7.26. The van der Waals surface area contributed by atoms with E-state index < -0.39 is 5.91 Å². The van der Waals surface area contributed by atoms with Crippen molar-refractivity contribution in [3.05, 3.63) is 24.2 Å². The highest BCUT2D eigenvalue weighted by atomic mass is 16.4. The van der Waals surface area contributed by atoms with Crippen LogP contribution >= 0.6 is 0 Å². The minimum Gasteiger partial charge on any atom is -0.447 e. The predicted octanol–water partition coefficient (Wildman–Crippen LogP) is 0.151. The van der Waals surface area contributed by atoms with Gasteiger partial charge in [-0.25, -0.2) is 0 Å². The highest BCUT2D eigenvalue weighted by Gasteiger charge is 2.13. The van der Waals surface area contributed by atoms with Crippen molar-refractivity contribution in [2.75, 3.05) is 12.8 Å². The van der Waals surface area contributed by atoms with Crippen molar-refractivity contribution in [2.24, 2.45) is 5.73 Å². The molecule has 0 radical (unpaired) electrons. The molecule has 0 saturated carbocycles. The van der Waals surface area contributed by atoms with Crippen molar-refractivity contribution in [2.45, 2.75) is 0 Å². The highest BCUT2D eigenvalue weighted by molar-refractivity contribution is 5.92. The van der Waals surface area contributed by atoms with Crippen molar-refractivity contribution in [1.29, 1.82) is 0 Å². The smallest absolute Gasteiger partial charge is 0.284 e. The van der Waals surface area contributed by atoms with E-state index in [1.165, 1.54) is 6.07 Å². The van der Waals surface area contributed by atoms with Crippen LogP contribution in [0.1, 0.15) is 16.3 Å². The van der Waals surface area contributed by atoms with Gasteiger partial charge >= 0.3 is 0 Å². The molecule has 5 nitrogen and oxygen atoms in total. The molecule has 1 heterocycles. The van der Waals surface area contributed by atoms with E-state index >= 15 is 0 Å². The molecule has 13 heavy (non-hydrogen) atoms. The maximum absolute atomic E-state index is 10.7. The lowest BCUT2D eigenvalue weighted by molar-refractivity contribution is 0.0973. The summed E-state index contributed by atoms with van der Waals surface area (Å²) in [5.41, 5.74) is 11.4. The molecule has 5 N–H and O–H groups in total. The first-order chi connectivity index (χ1) is 6.06. The van der Waals surface area contributed by atoms with Crippen LogP contribution in [0.15, 0.2) is 17.1 Å². The van der Waals surface area contributed by atoms with Gasteiger partial charge in [0.2, 0.25) is 0 Å². The SMILES string of the molecule is C=C(NC)c1oc(C(N)=O)cc1N. The van der Waals surface area contributed by atoms with Crippen LogP contribution < -0.4 is 16.8 Å². The molecule has 0 unspecified atom stereocenters. The fourth-order valence-corrected chi connectivity index (χ4v) is 0.876. The van der Waals surface area contributed by atoms with Gasteiger partial charge in [-0.3, -0.25) is 4.79 Å². The van der Waals surface area contributed by atoms with Gasteiger partial charge in [0.1, 0.15) is 0 Å². The fraction of sp³-hybridized carbons (Fsp3) is 0.125. The summed E-state index contributed by atoms with van der Waals surface area (Å²) >= 11 is 0. The first-order valence-electron chi connectivity index (χ1n) is 3.62. The standard InChI is InChI=1S/C8H11N3O2/c1-4(11-2)7-5(9)3-6(13-7)8(10)12/h3,11H,1,9H2,2H3,(H2,10,12). The molecular weight excluding hydrogens is 170 g/mol. The molecule has 0 aliphatic rings. The first-order valence-corrected chi connectivity index (χ1v) is 3.62. The zero-order valence-corrected chi connectivity index (χ0v) is 7.26. The number of furan rings is 1. The number of nitrogens with two attached hydrogens (primary N) is 2. The Morgan fingerprint density at radius 1 is 1.69 bits per heavy atom. The number of hydrogen-bond donors (Lipinski definition) is 3. The molecule has 0 saturated heterocycles. The lowest BCUT2D eigenvalue weighted by Crippen LogP contribution is -2.09. The number of anilines is 1. The van der Waals surface area contributed by atoms with Crippen LogP contribution in [-0.2, 0) is 0 Å². The number of rotatable bonds is 3. The molecule has 0 aromatic carbocycles. The second kappa shape index (κ2) is 3.22. The number of carbonyl (C=O) groups is 1. The zero-order chi connectivity index (χ0) is 10.0. The molecule has 1 aromatic rings. The van der Waals surface area contributed by atoms with Crippen molar-refractivity contribution < 1.29 is 9.21 Å². The topological polar surface area (TPSA) is 94.3 Å². The van der Waals surface area contributed by atoms with Crippen molar-refractivity contribution in [3.8, 4) is 0 Å². The van der Waals surface area contributed by atoms with E-state index in [9.17, 15) is 4.79 Å². The number of amides is 1. The summed E-state index contributed by atoms with van der Waals surface area (Å²) in [5, 5.41) is 2.75. The van der Waals surface area contributed by atoms with Crippen LogP contribution in [0.3, 0.4) is 0 Å². The van der Waals surface area contributed by atoms with E-state index in [2.05, 4.69) is 11.9 Å². The monoisotopic (exact) mass is 181 g/mol. The van der Waals surface area contributed by atoms with E-state index in [1.807, 2.05) is 0 Å². The van der Waals surface area contributed by atoms with Crippen molar-refractivity contribution in [3.63, 3.8) is 0 Å². The molecule has 0 fully saturated rings. The lowest BCUT2D eigenvalue weighted by Gasteiger charge is -2.00. The normalized spacial score (nSPS) is 9.62. The summed E-state index contributed by atoms with van der Waals surface area (Å²) in [5.74, 6) is -0.276. The summed E-state index contributed by atoms with van der Waals surface area (Å²) in [6.07, 6.45) is 0. The molecule has 1 amide bonds. The third-order valence-corrected chi connectivity index (χ3v) is 1.58. The Bertz CT molecular complexity index is 354. The Morgan fingerprint density at radius 2 is 2.31 bits per heavy atom. The fourth-order valence-electron chi connectivity index (χ4n) is 0.876. The number of nitrogen functional groups attached to an aromatic ring is 1. The third kappa shape index (κ3) is 1.64. The summed E-state index contributed by atoms with van der Waals surface area (Å²) in [6.45, 7) is 3.64. The van der Waals surface area contributed by atoms with Gasteiger partial charge in [0.05, 0.1) is 11.4 Å². The molecule has 0 spiro atoms. The average molecular weight is 181 g/mol. The molecule has 1 aromatic heterocycles. The Kier molecular flexibility index (Phi) is 2.27. The van der Waals surface area contributed by atoms with Gasteiger partial charge in [-0.15, -0.1) is 0 Å². The number of primary amides is 1. The summed E-state index contributed by atoms with van der Waals surface area (Å²) in [4.78, 5) is 10.7. The van der Waals surface area contributed by atoms with Gasteiger partial charge in [0, 0.05) is 13.1 Å². The summed E-state index contributed by atoms with van der Waals surface area (Å²) < 4.78 is 5.07. The predicted molar refractivity (Wildman–Crippen MR) is 49.7 cm³/mol. The van der Waals surface area contributed by atoms with Crippen LogP contribution in [0.5, 0.6) is 0 Å². The van der Waals surface area contributed by atoms with Gasteiger partial charge in [-0.2, -0.15) is 0 Å². The quantitative estimate of drug-likeness (QED) is 0.618. The summed E-state index contributed by atoms with van der Waals surface area (Å²) in [6, 6.07) is 1.38. The van der Waals surface area contributed by atoms with Gasteiger partial charge in [-0.05, 0) is 0 Å². The Morgan fingerprint density at radius 3 is 2.69 bits per heavy atom. The second-order valence-corrected chi connectivity index (χ2v) is 2.49. The van der Waals surface area contributed by atoms with Gasteiger partial charge in [-0.1, -0.05) is 6.58 Å². The lowest BCUT2D eigenvalue weighted by atomic mass is 10.3. The molecule has 70 valence electrons. The first kappa shape index (κ1) is 9.18. The van der Waals surface area contributed by atoms with Crippen LogP contribution in [0.4, 0.5) is 5.69 Å². The maximum Gasteiger partial charge on any atom is 0.284 e. The van der Waals surface area contributed by atoms with Gasteiger partial charge < -0.3 is 21.2 Å². The second-order valence-electron chi connectivity index (χ2n) is 2.49. The van der Waals surface area contributed by atoms with E-state index in [0.717, 1.165) is 0 Å². The molecular formula is C8H11N3O2. The maximum atomic E-state index is 10.7. The van der Waals surface area contributed by atoms with Gasteiger partial charge in [0.15, 0.2) is 11.5 Å². The molecule has 5 heteroatoms. The minimum absolute atomic E-state index is 0.0314. The van der Waals surface area contributed by atoms with E-state index in [-0.39, 0.29) is 5.76 Å². The Balaban J connectivity index is 3.10. The summed E-state index contributed by atoms with van der Waals surface area (Å²) in [7, 11) is 1.67. The van der Waals surface area contributed by atoms with Crippen LogP contribution in [0, 0.1) is 0 Å². The largest absolute Gasteiger partial charge is 0.447 e. The molecule has 0 aliphatic carbocycles. The molecule has 0 bridgehead atoms. The molecule has 0 aliphatic heterocycles. The van der Waals surface area contributed by atoms with Crippen LogP contribution in [-0.4, -0.2) is 13.0 Å². The average Bonchev–Trinajstić information content (AvgIpc) is 2.46. The van der Waals surface area contributed by atoms with E-state index in [1.54, 1.807) is 7.05 Å². The number of hydrogen-bond acceptors (Lipinski definition) is 4. The molecule has 0 atom stereocenters. The minimum atomic E-state index is -0.651. The number of nitrogens with one attached hydrogen (secondary N) is 1. The van der Waals surface area contributed by atoms with E-state index in [4.69, 9.17) is 15.9 Å². The van der Waals surface area contributed by atoms with Crippen LogP contribution in [0.2, 0.25) is 0 Å². The van der Waals surface area contributed by atoms with Crippen LogP contribution in [0.25, 0.3) is 5.70 Å². The highest BCUT2D eigenvalue weighted by Crippen LogP contribution is 2.22. The van der Waals surface area contributed by atoms with Crippen molar-refractivity contribution >= 4 is 17.3 Å². The number of carbonyl (C=O) groups excluding carboxylic acids is 1. The Labute approximate surface area is 75.4 Å². The third-order valence-electron chi connectivity index (χ3n) is 1.58. The molecule has 1 rings (SSSR count). The van der Waals surface area contributed by atoms with Crippen molar-refractivity contribution in [1.82, 2.24) is 5.32 Å². The van der Waals surface area contributed by atoms with E-state index in [0.29, 0.717) is 17.1 Å². The Hall–Kier alpha value is -1.91.